The molecule has 0 N–H and O–H groups in total. The Bertz CT molecular complexity index is 362. The van der Waals surface area contributed by atoms with Crippen LogP contribution in [-0.4, -0.2) is 0 Å². The van der Waals surface area contributed by atoms with Crippen LogP contribution in [-0.2, 0) is 0 Å². The maximum absolute atomic E-state index is 5.45. The molecule has 2 aromatic heterocycles. The van der Waals surface area contributed by atoms with Crippen molar-refractivity contribution in [2.45, 2.75) is 13.8 Å². The molecule has 0 aromatic carbocycles. The van der Waals surface area contributed by atoms with E-state index in [4.69, 9.17) is 8.83 Å². The van der Waals surface area contributed by atoms with E-state index in [2.05, 4.69) is 0 Å². The lowest BCUT2D eigenvalue weighted by Gasteiger charge is -1.91. The normalized spacial score (nSPS) is 10.6. The molecule has 0 aliphatic heterocycles. The van der Waals surface area contributed by atoms with Gasteiger partial charge in [0, 0.05) is 8.58 Å². The lowest BCUT2D eigenvalue weighted by atomic mass is 10.5. The van der Waals surface area contributed by atoms with Gasteiger partial charge in [0.25, 0.3) is 0 Å². The Morgan fingerprint density at radius 3 is 1.62 bits per heavy atom. The summed E-state index contributed by atoms with van der Waals surface area (Å²) in [5.41, 5.74) is 1.96. The summed E-state index contributed by atoms with van der Waals surface area (Å²) < 4.78 is 10.9. The highest BCUT2D eigenvalue weighted by Gasteiger charge is 2.03. The zero-order valence-electron chi connectivity index (χ0n) is 7.63. The minimum Gasteiger partial charge on any atom is -0.462 e. The van der Waals surface area contributed by atoms with Crippen LogP contribution >= 0.6 is 8.58 Å². The molecule has 13 heavy (non-hydrogen) atoms. The van der Waals surface area contributed by atoms with Gasteiger partial charge in [-0.05, 0) is 38.1 Å². The van der Waals surface area contributed by atoms with Crippen molar-refractivity contribution in [1.82, 2.24) is 0 Å². The largest absolute Gasteiger partial charge is 0.462 e. The van der Waals surface area contributed by atoms with Gasteiger partial charge in [0.1, 0.15) is 22.5 Å². The van der Waals surface area contributed by atoms with E-state index < -0.39 is 0 Å². The predicted octanol–water partition coefficient (Wildman–Crippen LogP) is 2.12. The summed E-state index contributed by atoms with van der Waals surface area (Å²) in [5.74, 6) is 1.90. The highest BCUT2D eigenvalue weighted by molar-refractivity contribution is 7.54. The first-order valence-corrected chi connectivity index (χ1v) is 5.14. The van der Waals surface area contributed by atoms with E-state index in [-0.39, 0.29) is 0 Å². The zero-order valence-corrected chi connectivity index (χ0v) is 8.63. The second-order valence-corrected chi connectivity index (χ2v) is 4.18. The van der Waals surface area contributed by atoms with Gasteiger partial charge in [-0.2, -0.15) is 0 Å². The van der Waals surface area contributed by atoms with E-state index in [0.29, 0.717) is 8.58 Å². The summed E-state index contributed by atoms with van der Waals surface area (Å²) in [6.45, 7) is 3.89. The molecule has 0 aliphatic rings. The molecule has 2 rings (SSSR count). The van der Waals surface area contributed by atoms with E-state index in [9.17, 15) is 0 Å². The monoisotopic (exact) mass is 194 g/mol. The lowest BCUT2D eigenvalue weighted by Crippen LogP contribution is -1.97. The molecule has 0 saturated carbocycles. The van der Waals surface area contributed by atoms with Crippen LogP contribution in [0, 0.1) is 13.8 Å². The molecule has 0 atom stereocenters. The van der Waals surface area contributed by atoms with E-state index in [0.717, 1.165) is 22.5 Å². The van der Waals surface area contributed by atoms with Crippen LogP contribution in [0.3, 0.4) is 0 Å². The number of furan rings is 2. The Balaban J connectivity index is 2.14. The fourth-order valence-corrected chi connectivity index (χ4v) is 2.13. The molecule has 0 radical (unpaired) electrons. The van der Waals surface area contributed by atoms with Gasteiger partial charge in [-0.3, -0.25) is 0 Å². The predicted molar refractivity (Wildman–Crippen MR) is 54.5 cm³/mol. The molecule has 2 aromatic rings. The Morgan fingerprint density at radius 2 is 1.31 bits per heavy atom. The van der Waals surface area contributed by atoms with Crippen molar-refractivity contribution in [1.29, 1.82) is 0 Å². The van der Waals surface area contributed by atoms with Crippen LogP contribution in [0.5, 0.6) is 0 Å². The Kier molecular flexibility index (Phi) is 2.24. The molecule has 2 heterocycles. The maximum atomic E-state index is 5.45. The van der Waals surface area contributed by atoms with Crippen molar-refractivity contribution in [2.75, 3.05) is 0 Å². The molecule has 0 fully saturated rings. The number of aryl methyl sites for hydroxylation is 2. The van der Waals surface area contributed by atoms with Crippen LogP contribution in [0.15, 0.2) is 33.1 Å². The highest BCUT2D eigenvalue weighted by atomic mass is 31.1. The van der Waals surface area contributed by atoms with Crippen LogP contribution in [0.1, 0.15) is 11.5 Å². The summed E-state index contributed by atoms with van der Waals surface area (Å²) in [7, 11) is 0.485. The smallest absolute Gasteiger partial charge is 0.130 e. The highest BCUT2D eigenvalue weighted by Crippen LogP contribution is 2.13. The van der Waals surface area contributed by atoms with Crippen LogP contribution in [0.25, 0.3) is 0 Å². The second-order valence-electron chi connectivity index (χ2n) is 2.95. The van der Waals surface area contributed by atoms with Crippen molar-refractivity contribution >= 4 is 19.6 Å². The van der Waals surface area contributed by atoms with Gasteiger partial charge >= 0.3 is 0 Å². The summed E-state index contributed by atoms with van der Waals surface area (Å²) in [5, 5.41) is 0. The van der Waals surface area contributed by atoms with Crippen molar-refractivity contribution in [3.63, 3.8) is 0 Å². The minimum absolute atomic E-state index is 0.485. The third-order valence-corrected chi connectivity index (χ3v) is 2.76. The second kappa shape index (κ2) is 3.39. The van der Waals surface area contributed by atoms with Gasteiger partial charge in [-0.1, -0.05) is 0 Å². The fourth-order valence-electron chi connectivity index (χ4n) is 1.12. The number of rotatable bonds is 2. The standard InChI is InChI=1S/C10H11O2P/c1-7-3-5-9(11-7)13-10-6-4-8(2)12-10/h3-6,13H,1-2H3. The molecule has 0 aliphatic carbocycles. The molecule has 0 spiro atoms. The third kappa shape index (κ3) is 2.02. The van der Waals surface area contributed by atoms with Crippen molar-refractivity contribution in [2.24, 2.45) is 0 Å². The van der Waals surface area contributed by atoms with Crippen molar-refractivity contribution < 1.29 is 8.83 Å². The summed E-state index contributed by atoms with van der Waals surface area (Å²) in [4.78, 5) is 0. The minimum atomic E-state index is 0.485. The zero-order chi connectivity index (χ0) is 9.26. The first-order chi connectivity index (χ1) is 6.24. The van der Waals surface area contributed by atoms with Gasteiger partial charge < -0.3 is 8.83 Å². The van der Waals surface area contributed by atoms with Gasteiger partial charge in [0.05, 0.1) is 0 Å². The van der Waals surface area contributed by atoms with Crippen molar-refractivity contribution in [3.8, 4) is 0 Å². The topological polar surface area (TPSA) is 26.3 Å². The molecule has 3 heteroatoms. The fraction of sp³-hybridized carbons (Fsp3) is 0.200. The van der Waals surface area contributed by atoms with Gasteiger partial charge in [0.15, 0.2) is 0 Å². The molecule has 0 saturated heterocycles. The molecule has 0 unspecified atom stereocenters. The van der Waals surface area contributed by atoms with E-state index >= 15 is 0 Å². The third-order valence-electron chi connectivity index (χ3n) is 1.73. The summed E-state index contributed by atoms with van der Waals surface area (Å²) >= 11 is 0. The Labute approximate surface area is 78.7 Å². The first-order valence-electron chi connectivity index (χ1n) is 4.14. The molecule has 0 bridgehead atoms. The number of hydrogen-bond acceptors (Lipinski definition) is 2. The first kappa shape index (κ1) is 8.58. The number of hydrogen-bond donors (Lipinski definition) is 0. The van der Waals surface area contributed by atoms with Crippen LogP contribution in [0.2, 0.25) is 0 Å². The molecule has 68 valence electrons. The summed E-state index contributed by atoms with van der Waals surface area (Å²) in [6, 6.07) is 7.92. The molecular weight excluding hydrogens is 183 g/mol. The Morgan fingerprint density at radius 1 is 0.846 bits per heavy atom. The molecule has 2 nitrogen and oxygen atoms in total. The SMILES string of the molecule is Cc1ccc(Pc2ccc(C)o2)o1. The molecule has 0 amide bonds. The van der Waals surface area contributed by atoms with Gasteiger partial charge in [-0.25, -0.2) is 0 Å². The lowest BCUT2D eigenvalue weighted by molar-refractivity contribution is 0.559. The van der Waals surface area contributed by atoms with E-state index in [1.165, 1.54) is 0 Å². The van der Waals surface area contributed by atoms with E-state index in [1.807, 2.05) is 38.1 Å². The van der Waals surface area contributed by atoms with Gasteiger partial charge in [-0.15, -0.1) is 0 Å². The molecular formula is C10H11O2P. The van der Waals surface area contributed by atoms with Crippen LogP contribution in [0.4, 0.5) is 0 Å². The maximum Gasteiger partial charge on any atom is 0.130 e. The van der Waals surface area contributed by atoms with Gasteiger partial charge in [0.2, 0.25) is 0 Å². The average molecular weight is 194 g/mol. The average Bonchev–Trinajstić information content (AvgIpc) is 2.62. The van der Waals surface area contributed by atoms with Crippen LogP contribution < -0.4 is 11.0 Å². The quantitative estimate of drug-likeness (QED) is 0.684. The van der Waals surface area contributed by atoms with E-state index in [1.54, 1.807) is 0 Å². The summed E-state index contributed by atoms with van der Waals surface area (Å²) in [6.07, 6.45) is 0. The van der Waals surface area contributed by atoms with Crippen molar-refractivity contribution in [3.05, 3.63) is 35.8 Å². The Hall–Kier alpha value is -1.01.